The molecule has 0 aromatic heterocycles. The highest BCUT2D eigenvalue weighted by molar-refractivity contribution is 9.12. The lowest BCUT2D eigenvalue weighted by molar-refractivity contribution is -0.191. The van der Waals surface area contributed by atoms with E-state index in [9.17, 15) is 14.4 Å². The molecule has 0 amide bonds. The molecule has 7 atom stereocenters. The summed E-state index contributed by atoms with van der Waals surface area (Å²) in [7, 11) is 1.50. The van der Waals surface area contributed by atoms with Gasteiger partial charge >= 0.3 is 5.97 Å². The average Bonchev–Trinajstić information content (AvgIpc) is 2.78. The molecule has 2 unspecified atom stereocenters. The molecule has 5 heteroatoms. The summed E-state index contributed by atoms with van der Waals surface area (Å²) < 4.78 is 6.06. The molecule has 3 fully saturated rings. The molecule has 0 aliphatic heterocycles. The zero-order valence-corrected chi connectivity index (χ0v) is 24.9. The van der Waals surface area contributed by atoms with E-state index in [0.29, 0.717) is 4.48 Å². The maximum absolute atomic E-state index is 14.3. The molecule has 0 N–H and O–H groups in total. The molecule has 0 bridgehead atoms. The largest absolute Gasteiger partial charge is 0.469 e. The van der Waals surface area contributed by atoms with Crippen LogP contribution in [0.3, 0.4) is 0 Å². The number of hydrogen-bond donors (Lipinski definition) is 0. The van der Waals surface area contributed by atoms with Crippen LogP contribution < -0.4 is 0 Å². The molecule has 5 rings (SSSR count). The van der Waals surface area contributed by atoms with Crippen LogP contribution in [-0.4, -0.2) is 24.6 Å². The zero-order valence-electron chi connectivity index (χ0n) is 23.3. The topological polar surface area (TPSA) is 60.4 Å². The number of carbonyl (C=O) groups is 3. The Morgan fingerprint density at radius 1 is 0.972 bits per heavy atom. The number of fused-ring (bicyclic) bond motifs is 7. The maximum Gasteiger partial charge on any atom is 0.312 e. The average molecular weight is 560 g/mol. The Labute approximate surface area is 225 Å². The lowest BCUT2D eigenvalue weighted by atomic mass is 9.34. The first-order chi connectivity index (χ1) is 16.5. The fourth-order valence-electron chi connectivity index (χ4n) is 10.0. The minimum absolute atomic E-state index is 0.00763. The summed E-state index contributed by atoms with van der Waals surface area (Å²) in [6, 6.07) is 0. The van der Waals surface area contributed by atoms with Crippen molar-refractivity contribution in [2.24, 2.45) is 50.2 Å². The van der Waals surface area contributed by atoms with Gasteiger partial charge in [0.25, 0.3) is 0 Å². The van der Waals surface area contributed by atoms with E-state index < -0.39 is 10.8 Å². The number of allylic oxidation sites excluding steroid dienone is 4. The van der Waals surface area contributed by atoms with E-state index in [1.165, 1.54) is 12.7 Å². The summed E-state index contributed by atoms with van der Waals surface area (Å²) in [6.07, 6.45) is 10.3. The summed E-state index contributed by atoms with van der Waals surface area (Å²) in [6.45, 7) is 15.7. The van der Waals surface area contributed by atoms with Crippen LogP contribution in [0.2, 0.25) is 0 Å². The van der Waals surface area contributed by atoms with Gasteiger partial charge in [0.15, 0.2) is 11.6 Å². The van der Waals surface area contributed by atoms with Crippen molar-refractivity contribution in [3.63, 3.8) is 0 Å². The third-order valence-electron chi connectivity index (χ3n) is 12.3. The fourth-order valence-corrected chi connectivity index (χ4v) is 11.0. The van der Waals surface area contributed by atoms with Gasteiger partial charge < -0.3 is 4.74 Å². The smallest absolute Gasteiger partial charge is 0.312 e. The normalized spacial score (nSPS) is 46.9. The Bertz CT molecular complexity index is 1110. The highest BCUT2D eigenvalue weighted by Crippen LogP contribution is 2.74. The van der Waals surface area contributed by atoms with E-state index in [1.807, 2.05) is 6.08 Å². The van der Waals surface area contributed by atoms with Gasteiger partial charge in [-0.15, -0.1) is 0 Å². The van der Waals surface area contributed by atoms with E-state index in [2.05, 4.69) is 70.5 Å². The van der Waals surface area contributed by atoms with E-state index in [1.54, 1.807) is 0 Å². The lowest BCUT2D eigenvalue weighted by Gasteiger charge is -2.68. The molecule has 0 aromatic rings. The second-order valence-electron chi connectivity index (χ2n) is 14.7. The molecule has 0 spiro atoms. The summed E-state index contributed by atoms with van der Waals surface area (Å²) in [5.41, 5.74) is -0.551. The highest BCUT2D eigenvalue weighted by Gasteiger charge is 2.71. The van der Waals surface area contributed by atoms with Crippen molar-refractivity contribution in [3.05, 3.63) is 22.2 Å². The Hall–Kier alpha value is -1.23. The minimum atomic E-state index is -0.560. The van der Waals surface area contributed by atoms with Crippen molar-refractivity contribution in [2.75, 3.05) is 7.11 Å². The van der Waals surface area contributed by atoms with Gasteiger partial charge in [0.2, 0.25) is 0 Å². The SMILES string of the molecule is COC(=O)C12CCC(C)(C)C[C@H]1C1C(=O)C=C3[C@@]4(C)C=C(Br)C(=O)C(C)(C)[C@@H]4CC[C@@]3(C)[C@]1(C)CC2. The third kappa shape index (κ3) is 3.07. The Kier molecular flexibility index (Phi) is 5.62. The van der Waals surface area contributed by atoms with Crippen molar-refractivity contribution < 1.29 is 19.1 Å². The summed E-state index contributed by atoms with van der Waals surface area (Å²) in [4.78, 5) is 40.9. The van der Waals surface area contributed by atoms with Crippen molar-refractivity contribution >= 4 is 33.5 Å². The monoisotopic (exact) mass is 558 g/mol. The van der Waals surface area contributed by atoms with Crippen LogP contribution in [0.4, 0.5) is 0 Å². The standard InChI is InChI=1S/C31H43BrO4/c1-26(2)11-13-31(25(35)36-8)14-12-30(7)23(18(31)16-26)20(33)15-22-28(5)17-19(32)24(34)27(3,4)21(28)9-10-29(22,30)6/h15,17-18,21,23H,9-14,16H2,1-8H3/t18-,21-,23?,28-,29+,30+,31?/m0/s1. The molecule has 0 aromatic carbocycles. The second-order valence-corrected chi connectivity index (χ2v) is 15.6. The zero-order chi connectivity index (χ0) is 26.7. The van der Waals surface area contributed by atoms with Crippen molar-refractivity contribution in [3.8, 4) is 0 Å². The second kappa shape index (κ2) is 7.67. The molecule has 198 valence electrons. The molecule has 3 saturated carbocycles. The number of hydrogen-bond acceptors (Lipinski definition) is 4. The highest BCUT2D eigenvalue weighted by atomic mass is 79.9. The van der Waals surface area contributed by atoms with Crippen molar-refractivity contribution in [1.82, 2.24) is 0 Å². The van der Waals surface area contributed by atoms with Gasteiger partial charge in [0.1, 0.15) is 0 Å². The van der Waals surface area contributed by atoms with E-state index in [-0.39, 0.29) is 56.9 Å². The minimum Gasteiger partial charge on any atom is -0.469 e. The number of ether oxygens (including phenoxy) is 1. The van der Waals surface area contributed by atoms with E-state index >= 15 is 0 Å². The molecular weight excluding hydrogens is 516 g/mol. The third-order valence-corrected chi connectivity index (χ3v) is 12.9. The molecule has 5 aliphatic carbocycles. The maximum atomic E-state index is 14.3. The molecule has 0 heterocycles. The van der Waals surface area contributed by atoms with Gasteiger partial charge in [-0.05, 0) is 95.0 Å². The number of rotatable bonds is 1. The van der Waals surface area contributed by atoms with E-state index in [0.717, 1.165) is 44.9 Å². The molecule has 0 saturated heterocycles. The van der Waals surface area contributed by atoms with Crippen molar-refractivity contribution in [1.29, 1.82) is 0 Å². The summed E-state index contributed by atoms with van der Waals surface area (Å²) in [5.74, 6) is 0.175. The number of esters is 1. The van der Waals surface area contributed by atoms with Gasteiger partial charge in [-0.3, -0.25) is 14.4 Å². The number of ketones is 2. The predicted molar refractivity (Wildman–Crippen MR) is 144 cm³/mol. The first-order valence-corrected chi connectivity index (χ1v) is 14.6. The number of carbonyl (C=O) groups excluding carboxylic acids is 3. The molecule has 36 heavy (non-hydrogen) atoms. The summed E-state index contributed by atoms with van der Waals surface area (Å²) >= 11 is 3.60. The van der Waals surface area contributed by atoms with Crippen LogP contribution in [-0.2, 0) is 19.1 Å². The quantitative estimate of drug-likeness (QED) is 0.319. The molecule has 4 nitrogen and oxygen atoms in total. The van der Waals surface area contributed by atoms with Crippen molar-refractivity contribution in [2.45, 2.75) is 93.4 Å². The first-order valence-electron chi connectivity index (χ1n) is 13.8. The van der Waals surface area contributed by atoms with Crippen LogP contribution in [0.1, 0.15) is 93.4 Å². The van der Waals surface area contributed by atoms with Crippen LogP contribution in [0, 0.1) is 50.2 Å². The lowest BCUT2D eigenvalue weighted by Crippen LogP contribution is -2.65. The van der Waals surface area contributed by atoms with Gasteiger partial charge in [-0.25, -0.2) is 0 Å². The summed E-state index contributed by atoms with van der Waals surface area (Å²) in [5, 5.41) is 0. The first kappa shape index (κ1) is 26.4. The molecular formula is C31H43BrO4. The van der Waals surface area contributed by atoms with Crippen LogP contribution in [0.15, 0.2) is 22.2 Å². The van der Waals surface area contributed by atoms with Crippen LogP contribution in [0.5, 0.6) is 0 Å². The van der Waals surface area contributed by atoms with Gasteiger partial charge in [-0.1, -0.05) is 60.1 Å². The van der Waals surface area contributed by atoms with Gasteiger partial charge in [-0.2, -0.15) is 0 Å². The Morgan fingerprint density at radius 2 is 1.61 bits per heavy atom. The van der Waals surface area contributed by atoms with E-state index in [4.69, 9.17) is 4.74 Å². The van der Waals surface area contributed by atoms with Crippen LogP contribution in [0.25, 0.3) is 0 Å². The number of methoxy groups -OCH3 is 1. The molecule has 0 radical (unpaired) electrons. The van der Waals surface area contributed by atoms with Gasteiger partial charge in [0, 0.05) is 16.7 Å². The number of Topliss-reactive ketones (excluding diaryl/α,β-unsaturated/α-hetero) is 1. The van der Waals surface area contributed by atoms with Gasteiger partial charge in [0.05, 0.1) is 17.0 Å². The Balaban J connectivity index is 1.69. The number of halogens is 1. The predicted octanol–water partition coefficient (Wildman–Crippen LogP) is 7.21. The molecule has 5 aliphatic rings. The Morgan fingerprint density at radius 3 is 2.25 bits per heavy atom. The fraction of sp³-hybridized carbons (Fsp3) is 0.774. The van der Waals surface area contributed by atoms with Crippen LogP contribution >= 0.6 is 15.9 Å².